The zero-order valence-corrected chi connectivity index (χ0v) is 16.4. The van der Waals surface area contributed by atoms with Crippen LogP contribution in [0.4, 0.5) is 5.69 Å². The third kappa shape index (κ3) is 4.86. The molecule has 29 heavy (non-hydrogen) atoms. The lowest BCUT2D eigenvalue weighted by Crippen LogP contribution is -2.60. The summed E-state index contributed by atoms with van der Waals surface area (Å²) in [6.07, 6.45) is -6.97. The third-order valence-corrected chi connectivity index (χ3v) is 5.94. The molecule has 0 saturated carbocycles. The number of hydrogen-bond acceptors (Lipinski definition) is 8. The summed E-state index contributed by atoms with van der Waals surface area (Å²) in [5.74, 6) is 0.229. The second-order valence-corrected chi connectivity index (χ2v) is 8.44. The molecule has 158 valence electrons. The molecule has 0 bridgehead atoms. The molecule has 3 rings (SSSR count). The maximum atomic E-state index is 12.4. The lowest BCUT2D eigenvalue weighted by atomic mass is 9.99. The monoisotopic (exact) mass is 425 g/mol. The summed E-state index contributed by atoms with van der Waals surface area (Å²) in [4.78, 5) is 0.129. The van der Waals surface area contributed by atoms with Crippen LogP contribution in [0.3, 0.4) is 0 Å². The fourth-order valence-electron chi connectivity index (χ4n) is 2.83. The zero-order chi connectivity index (χ0) is 21.2. The molecule has 1 heterocycles. The average molecular weight is 425 g/mol. The number of hydrogen-bond donors (Lipinski definition) is 5. The number of sulfonamides is 1. The third-order valence-electron chi connectivity index (χ3n) is 4.54. The summed E-state index contributed by atoms with van der Waals surface area (Å²) in [6.45, 7) is 1.29. The number of anilines is 1. The first-order valence-electron chi connectivity index (χ1n) is 8.88. The molecule has 1 saturated heterocycles. The number of aliphatic hydroxyl groups is 4. The van der Waals surface area contributed by atoms with Crippen molar-refractivity contribution in [1.29, 1.82) is 0 Å². The summed E-state index contributed by atoms with van der Waals surface area (Å²) in [5.41, 5.74) is 1.24. The number of rotatable bonds is 6. The summed E-state index contributed by atoms with van der Waals surface area (Å²) in [7, 11) is -3.75. The Bertz CT molecular complexity index is 914. The fraction of sp³-hybridized carbons (Fsp3) is 0.368. The van der Waals surface area contributed by atoms with Gasteiger partial charge in [-0.25, -0.2) is 8.42 Å². The van der Waals surface area contributed by atoms with Crippen LogP contribution in [0.25, 0.3) is 0 Å². The lowest BCUT2D eigenvalue weighted by Gasteiger charge is -2.39. The molecule has 0 amide bonds. The normalized spacial score (nSPS) is 27.4. The van der Waals surface area contributed by atoms with Gasteiger partial charge in [0.05, 0.1) is 11.5 Å². The van der Waals surface area contributed by atoms with Crippen LogP contribution in [-0.2, 0) is 14.8 Å². The first-order valence-corrected chi connectivity index (χ1v) is 10.4. The van der Waals surface area contributed by atoms with E-state index >= 15 is 0 Å². The van der Waals surface area contributed by atoms with Crippen molar-refractivity contribution < 1.29 is 38.3 Å². The summed E-state index contributed by atoms with van der Waals surface area (Å²) < 4.78 is 38.0. The van der Waals surface area contributed by atoms with Gasteiger partial charge in [-0.1, -0.05) is 17.7 Å². The van der Waals surface area contributed by atoms with E-state index in [1.807, 2.05) is 6.92 Å². The lowest BCUT2D eigenvalue weighted by molar-refractivity contribution is -0.277. The van der Waals surface area contributed by atoms with Gasteiger partial charge in [-0.15, -0.1) is 0 Å². The van der Waals surface area contributed by atoms with Crippen molar-refractivity contribution in [3.63, 3.8) is 0 Å². The van der Waals surface area contributed by atoms with Crippen molar-refractivity contribution in [1.82, 2.24) is 0 Å². The highest BCUT2D eigenvalue weighted by atomic mass is 32.2. The SMILES string of the molecule is Cc1ccc(S(=O)(=O)Nc2ccc(O[C@H]3O[C@@H](CO)[C@@H](O)[C@@H](O)[C@@H]3O)cc2)cc1. The van der Waals surface area contributed by atoms with E-state index in [1.54, 1.807) is 12.1 Å². The Kier molecular flexibility index (Phi) is 6.42. The highest BCUT2D eigenvalue weighted by Gasteiger charge is 2.44. The molecule has 1 aliphatic rings. The molecule has 2 aromatic rings. The molecule has 0 spiro atoms. The van der Waals surface area contributed by atoms with Gasteiger partial charge in [0.1, 0.15) is 30.2 Å². The van der Waals surface area contributed by atoms with Crippen molar-refractivity contribution in [2.45, 2.75) is 42.5 Å². The Labute approximate surface area is 168 Å². The molecule has 1 fully saturated rings. The topological polar surface area (TPSA) is 146 Å². The highest BCUT2D eigenvalue weighted by Crippen LogP contribution is 2.26. The van der Waals surface area contributed by atoms with Gasteiger partial charge < -0.3 is 29.9 Å². The van der Waals surface area contributed by atoms with Crippen molar-refractivity contribution in [2.24, 2.45) is 0 Å². The molecular formula is C19H23NO8S. The number of nitrogens with one attached hydrogen (secondary N) is 1. The Balaban J connectivity index is 1.68. The van der Waals surface area contributed by atoms with Gasteiger partial charge >= 0.3 is 0 Å². The number of ether oxygens (including phenoxy) is 2. The van der Waals surface area contributed by atoms with Gasteiger partial charge in [-0.3, -0.25) is 4.72 Å². The molecule has 0 radical (unpaired) electrons. The van der Waals surface area contributed by atoms with Gasteiger partial charge in [-0.05, 0) is 43.3 Å². The van der Waals surface area contributed by atoms with Gasteiger partial charge in [0.15, 0.2) is 0 Å². The van der Waals surface area contributed by atoms with E-state index in [1.165, 1.54) is 36.4 Å². The molecule has 1 aliphatic heterocycles. The standard InChI is InChI=1S/C19H23NO8S/c1-11-2-8-14(9-3-11)29(25,26)20-12-4-6-13(7-5-12)27-19-18(24)17(23)16(22)15(10-21)28-19/h2-9,15-24H,10H2,1H3/t15-,16+,17+,18-,19-/m0/s1. The average Bonchev–Trinajstić information content (AvgIpc) is 2.70. The van der Waals surface area contributed by atoms with Crippen LogP contribution in [0.1, 0.15) is 5.56 Å². The molecule has 0 aromatic heterocycles. The van der Waals surface area contributed by atoms with Crippen LogP contribution < -0.4 is 9.46 Å². The van der Waals surface area contributed by atoms with Crippen LogP contribution in [0.2, 0.25) is 0 Å². The Morgan fingerprint density at radius 3 is 2.17 bits per heavy atom. The van der Waals surface area contributed by atoms with Crippen molar-refractivity contribution in [3.05, 3.63) is 54.1 Å². The maximum absolute atomic E-state index is 12.4. The van der Waals surface area contributed by atoms with Gasteiger partial charge in [-0.2, -0.15) is 0 Å². The largest absolute Gasteiger partial charge is 0.462 e. The first kappa shape index (κ1) is 21.5. The maximum Gasteiger partial charge on any atom is 0.261 e. The van der Waals surface area contributed by atoms with Crippen LogP contribution in [0.15, 0.2) is 53.4 Å². The van der Waals surface area contributed by atoms with E-state index in [0.717, 1.165) is 5.56 Å². The van der Waals surface area contributed by atoms with Crippen molar-refractivity contribution >= 4 is 15.7 Å². The summed E-state index contributed by atoms with van der Waals surface area (Å²) in [5, 5.41) is 38.8. The molecule has 10 heteroatoms. The Hall–Kier alpha value is -2.21. The number of benzene rings is 2. The molecule has 5 atom stereocenters. The van der Waals surface area contributed by atoms with E-state index in [4.69, 9.17) is 9.47 Å². The van der Waals surface area contributed by atoms with Crippen LogP contribution in [0, 0.1) is 6.92 Å². The fourth-order valence-corrected chi connectivity index (χ4v) is 3.89. The molecule has 2 aromatic carbocycles. The first-order chi connectivity index (χ1) is 13.7. The van der Waals surface area contributed by atoms with Crippen LogP contribution in [0.5, 0.6) is 5.75 Å². The predicted molar refractivity (Wildman–Crippen MR) is 103 cm³/mol. The van der Waals surface area contributed by atoms with Crippen LogP contribution in [-0.4, -0.2) is 66.2 Å². The van der Waals surface area contributed by atoms with Gasteiger partial charge in [0.25, 0.3) is 10.0 Å². The summed E-state index contributed by atoms with van der Waals surface area (Å²) >= 11 is 0. The minimum atomic E-state index is -3.75. The van der Waals surface area contributed by atoms with E-state index in [0.29, 0.717) is 5.69 Å². The van der Waals surface area contributed by atoms with E-state index < -0.39 is 47.3 Å². The number of aryl methyl sites for hydroxylation is 1. The second kappa shape index (κ2) is 8.66. The van der Waals surface area contributed by atoms with E-state index in [-0.39, 0.29) is 10.6 Å². The number of aliphatic hydroxyl groups excluding tert-OH is 4. The van der Waals surface area contributed by atoms with E-state index in [9.17, 15) is 28.8 Å². The van der Waals surface area contributed by atoms with Crippen molar-refractivity contribution in [2.75, 3.05) is 11.3 Å². The van der Waals surface area contributed by atoms with Crippen LogP contribution >= 0.6 is 0 Å². The Morgan fingerprint density at radius 1 is 0.966 bits per heavy atom. The smallest absolute Gasteiger partial charge is 0.261 e. The van der Waals surface area contributed by atoms with Gasteiger partial charge in [0.2, 0.25) is 6.29 Å². The zero-order valence-electron chi connectivity index (χ0n) is 15.5. The summed E-state index contributed by atoms with van der Waals surface area (Å²) in [6, 6.07) is 12.2. The Morgan fingerprint density at radius 2 is 1.59 bits per heavy atom. The predicted octanol–water partition coefficient (Wildman–Crippen LogP) is -0.0255. The van der Waals surface area contributed by atoms with Gasteiger partial charge in [0, 0.05) is 5.69 Å². The molecular weight excluding hydrogens is 402 g/mol. The molecule has 9 nitrogen and oxygen atoms in total. The molecule has 5 N–H and O–H groups in total. The minimum absolute atomic E-state index is 0.129. The van der Waals surface area contributed by atoms with E-state index in [2.05, 4.69) is 4.72 Å². The molecule has 0 unspecified atom stereocenters. The van der Waals surface area contributed by atoms with Crippen molar-refractivity contribution in [3.8, 4) is 5.75 Å². The highest BCUT2D eigenvalue weighted by molar-refractivity contribution is 7.92. The second-order valence-electron chi connectivity index (χ2n) is 6.76. The quantitative estimate of drug-likeness (QED) is 0.434. The minimum Gasteiger partial charge on any atom is -0.462 e. The molecule has 0 aliphatic carbocycles.